The zero-order valence-corrected chi connectivity index (χ0v) is 14.6. The molecule has 3 aromatic rings. The van der Waals surface area contributed by atoms with Gasteiger partial charge in [-0.25, -0.2) is 18.9 Å². The molecule has 2 heterocycles. The van der Waals surface area contributed by atoms with E-state index in [4.69, 9.17) is 4.74 Å². The molecule has 0 radical (unpaired) electrons. The van der Waals surface area contributed by atoms with Crippen LogP contribution in [0.3, 0.4) is 0 Å². The maximum Gasteiger partial charge on any atom is 0.407 e. The summed E-state index contributed by atoms with van der Waals surface area (Å²) >= 11 is 0. The highest BCUT2D eigenvalue weighted by molar-refractivity contribution is 5.67. The summed E-state index contributed by atoms with van der Waals surface area (Å²) in [6.07, 6.45) is 1.87. The van der Waals surface area contributed by atoms with E-state index in [1.54, 1.807) is 23.1 Å². The van der Waals surface area contributed by atoms with Crippen LogP contribution >= 0.6 is 0 Å². The molecule has 27 heavy (non-hydrogen) atoms. The quantitative estimate of drug-likeness (QED) is 0.766. The third-order valence-electron chi connectivity index (χ3n) is 4.34. The van der Waals surface area contributed by atoms with Crippen molar-refractivity contribution in [2.24, 2.45) is 0 Å². The van der Waals surface area contributed by atoms with Crippen LogP contribution in [0.2, 0.25) is 0 Å². The molecule has 1 amide bonds. The molecule has 1 aromatic heterocycles. The normalized spacial score (nSPS) is 12.4. The van der Waals surface area contributed by atoms with Crippen molar-refractivity contribution in [3.63, 3.8) is 0 Å². The molecule has 8 heteroatoms. The monoisotopic (exact) mass is 368 g/mol. The number of carbonyl (C=O) groups is 1. The SMILES string of the molecule is COC(=O)NCc1cc(-c2ncn(-c3ccc4c(c3)CCO4)n2)ccc1F. The molecular weight excluding hydrogens is 351 g/mol. The predicted octanol–water partition coefficient (Wildman–Crippen LogP) is 2.86. The maximum atomic E-state index is 14.0. The number of hydrogen-bond acceptors (Lipinski definition) is 5. The molecule has 0 spiro atoms. The minimum absolute atomic E-state index is 0.0118. The minimum atomic E-state index is -0.622. The van der Waals surface area contributed by atoms with Crippen LogP contribution in [0.1, 0.15) is 11.1 Å². The van der Waals surface area contributed by atoms with Gasteiger partial charge in [-0.3, -0.25) is 0 Å². The summed E-state index contributed by atoms with van der Waals surface area (Å²) in [5.74, 6) is 0.944. The average Bonchev–Trinajstić information content (AvgIpc) is 3.35. The highest BCUT2D eigenvalue weighted by Crippen LogP contribution is 2.27. The van der Waals surface area contributed by atoms with Crippen molar-refractivity contribution in [2.75, 3.05) is 13.7 Å². The van der Waals surface area contributed by atoms with E-state index in [1.165, 1.54) is 13.2 Å². The summed E-state index contributed by atoms with van der Waals surface area (Å²) in [6, 6.07) is 10.4. The molecular formula is C19H17FN4O3. The van der Waals surface area contributed by atoms with E-state index < -0.39 is 11.9 Å². The van der Waals surface area contributed by atoms with Crippen molar-refractivity contribution in [1.82, 2.24) is 20.1 Å². The van der Waals surface area contributed by atoms with Gasteiger partial charge in [0, 0.05) is 24.1 Å². The number of carbonyl (C=O) groups excluding carboxylic acids is 1. The number of amides is 1. The number of ether oxygens (including phenoxy) is 2. The van der Waals surface area contributed by atoms with Crippen molar-refractivity contribution in [1.29, 1.82) is 0 Å². The van der Waals surface area contributed by atoms with Crippen LogP contribution in [0.5, 0.6) is 5.75 Å². The molecule has 0 fully saturated rings. The topological polar surface area (TPSA) is 78.3 Å². The Bertz CT molecular complexity index is 1000. The zero-order valence-electron chi connectivity index (χ0n) is 14.6. The van der Waals surface area contributed by atoms with Gasteiger partial charge in [0.25, 0.3) is 0 Å². The molecule has 4 rings (SSSR count). The third kappa shape index (κ3) is 3.46. The van der Waals surface area contributed by atoms with Crippen molar-refractivity contribution in [2.45, 2.75) is 13.0 Å². The number of methoxy groups -OCH3 is 1. The summed E-state index contributed by atoms with van der Waals surface area (Å²) in [6.45, 7) is 0.706. The number of fused-ring (bicyclic) bond motifs is 1. The Hall–Kier alpha value is -3.42. The van der Waals surface area contributed by atoms with E-state index in [9.17, 15) is 9.18 Å². The summed E-state index contributed by atoms with van der Waals surface area (Å²) in [5.41, 5.74) is 3.00. The van der Waals surface area contributed by atoms with Crippen molar-refractivity contribution < 1.29 is 18.7 Å². The summed E-state index contributed by atoms with van der Waals surface area (Å²) in [4.78, 5) is 15.5. The summed E-state index contributed by atoms with van der Waals surface area (Å²) in [7, 11) is 1.25. The Labute approximate surface area is 154 Å². The van der Waals surface area contributed by atoms with Crippen LogP contribution in [0.15, 0.2) is 42.7 Å². The number of nitrogens with zero attached hydrogens (tertiary/aromatic N) is 3. The van der Waals surface area contributed by atoms with Gasteiger partial charge in [-0.1, -0.05) is 0 Å². The van der Waals surface area contributed by atoms with Gasteiger partial charge in [0.1, 0.15) is 17.9 Å². The van der Waals surface area contributed by atoms with E-state index in [1.807, 2.05) is 18.2 Å². The van der Waals surface area contributed by atoms with E-state index in [2.05, 4.69) is 20.1 Å². The fourth-order valence-electron chi connectivity index (χ4n) is 2.92. The average molecular weight is 368 g/mol. The molecule has 0 bridgehead atoms. The Balaban J connectivity index is 1.58. The molecule has 0 aliphatic carbocycles. The third-order valence-corrected chi connectivity index (χ3v) is 4.34. The number of aromatic nitrogens is 3. The molecule has 1 N–H and O–H groups in total. The lowest BCUT2D eigenvalue weighted by molar-refractivity contribution is 0.170. The summed E-state index contributed by atoms with van der Waals surface area (Å²) in [5, 5.41) is 6.95. The first-order chi connectivity index (χ1) is 13.1. The smallest absolute Gasteiger partial charge is 0.407 e. The number of nitrogens with one attached hydrogen (secondary N) is 1. The largest absolute Gasteiger partial charge is 0.493 e. The number of hydrogen-bond donors (Lipinski definition) is 1. The van der Waals surface area contributed by atoms with Crippen LogP contribution in [-0.4, -0.2) is 34.6 Å². The predicted molar refractivity (Wildman–Crippen MR) is 95.2 cm³/mol. The molecule has 7 nitrogen and oxygen atoms in total. The maximum absolute atomic E-state index is 14.0. The molecule has 0 saturated heterocycles. The molecule has 1 aliphatic heterocycles. The van der Waals surface area contributed by atoms with Gasteiger partial charge in [0.15, 0.2) is 5.82 Å². The van der Waals surface area contributed by atoms with Crippen molar-refractivity contribution in [3.05, 3.63) is 59.7 Å². The highest BCUT2D eigenvalue weighted by Gasteiger charge is 2.14. The van der Waals surface area contributed by atoms with Crippen LogP contribution in [0, 0.1) is 5.82 Å². The van der Waals surface area contributed by atoms with Crippen LogP contribution in [0.25, 0.3) is 17.1 Å². The standard InChI is InChI=1S/C19H17FN4O3/c1-26-19(25)21-10-14-8-13(2-4-16(14)20)18-22-11-24(23-18)15-3-5-17-12(9-15)6-7-27-17/h2-5,8-9,11H,6-7,10H2,1H3,(H,21,25). The van der Waals surface area contributed by atoms with Crippen LogP contribution < -0.4 is 10.1 Å². The van der Waals surface area contributed by atoms with Crippen molar-refractivity contribution >= 4 is 6.09 Å². The van der Waals surface area contributed by atoms with Gasteiger partial charge in [0.2, 0.25) is 0 Å². The van der Waals surface area contributed by atoms with Gasteiger partial charge >= 0.3 is 6.09 Å². The Morgan fingerprint density at radius 2 is 2.22 bits per heavy atom. The zero-order chi connectivity index (χ0) is 18.8. The first kappa shape index (κ1) is 17.0. The van der Waals surface area contributed by atoms with Gasteiger partial charge in [-0.15, -0.1) is 5.10 Å². The molecule has 0 atom stereocenters. The lowest BCUT2D eigenvalue weighted by Gasteiger charge is -2.06. The Morgan fingerprint density at radius 3 is 3.07 bits per heavy atom. The van der Waals surface area contributed by atoms with Crippen LogP contribution in [0.4, 0.5) is 9.18 Å². The van der Waals surface area contributed by atoms with E-state index >= 15 is 0 Å². The number of halogens is 1. The molecule has 1 aliphatic rings. The molecule has 0 saturated carbocycles. The van der Waals surface area contributed by atoms with Gasteiger partial charge in [-0.2, -0.15) is 0 Å². The van der Waals surface area contributed by atoms with E-state index in [-0.39, 0.29) is 6.54 Å². The summed E-state index contributed by atoms with van der Waals surface area (Å²) < 4.78 is 25.7. The molecule has 0 unspecified atom stereocenters. The van der Waals surface area contributed by atoms with Gasteiger partial charge < -0.3 is 14.8 Å². The second-order valence-corrected chi connectivity index (χ2v) is 6.05. The first-order valence-electron chi connectivity index (χ1n) is 8.42. The Kier molecular flexibility index (Phi) is 4.45. The fourth-order valence-corrected chi connectivity index (χ4v) is 2.92. The molecule has 138 valence electrons. The lowest BCUT2D eigenvalue weighted by atomic mass is 10.1. The molecule has 2 aromatic carbocycles. The minimum Gasteiger partial charge on any atom is -0.493 e. The number of rotatable bonds is 4. The lowest BCUT2D eigenvalue weighted by Crippen LogP contribution is -2.22. The van der Waals surface area contributed by atoms with E-state index in [0.29, 0.717) is 23.6 Å². The first-order valence-corrected chi connectivity index (χ1v) is 8.42. The number of alkyl carbamates (subject to hydrolysis) is 1. The second kappa shape index (κ2) is 7.06. The fraction of sp³-hybridized carbons (Fsp3) is 0.211. The Morgan fingerprint density at radius 1 is 1.33 bits per heavy atom. The second-order valence-electron chi connectivity index (χ2n) is 6.05. The van der Waals surface area contributed by atoms with Gasteiger partial charge in [0.05, 0.1) is 19.4 Å². The van der Waals surface area contributed by atoms with Gasteiger partial charge in [-0.05, 0) is 42.0 Å². The highest BCUT2D eigenvalue weighted by atomic mass is 19.1. The van der Waals surface area contributed by atoms with E-state index in [0.717, 1.165) is 23.4 Å². The van der Waals surface area contributed by atoms with Crippen LogP contribution in [-0.2, 0) is 17.7 Å². The number of benzene rings is 2. The van der Waals surface area contributed by atoms with Crippen molar-refractivity contribution in [3.8, 4) is 22.8 Å².